The molecule has 0 aliphatic rings. The van der Waals surface area contributed by atoms with E-state index in [-0.39, 0.29) is 23.9 Å². The molecule has 5 heteroatoms. The Morgan fingerprint density at radius 1 is 1.17 bits per heavy atom. The molecular formula is C13H19N3O2. The van der Waals surface area contributed by atoms with Crippen LogP contribution in [0.1, 0.15) is 31.1 Å². The number of hydrogen-bond donors (Lipinski definition) is 3. The Morgan fingerprint density at radius 3 is 2.17 bits per heavy atom. The quantitative estimate of drug-likeness (QED) is 0.750. The summed E-state index contributed by atoms with van der Waals surface area (Å²) in [5.41, 5.74) is 6.09. The molecule has 0 saturated carbocycles. The first-order valence-corrected chi connectivity index (χ1v) is 5.74. The SMILES string of the molecule is CC(C)(C)NC(=O)c1ccc(NC(=O)CN)cc1. The zero-order chi connectivity index (χ0) is 13.8. The second kappa shape index (κ2) is 5.64. The van der Waals surface area contributed by atoms with Gasteiger partial charge in [-0.3, -0.25) is 9.59 Å². The van der Waals surface area contributed by atoms with Crippen molar-refractivity contribution >= 4 is 17.5 Å². The molecule has 0 radical (unpaired) electrons. The zero-order valence-corrected chi connectivity index (χ0v) is 10.9. The number of nitrogens with two attached hydrogens (primary N) is 1. The van der Waals surface area contributed by atoms with Crippen LogP contribution < -0.4 is 16.4 Å². The lowest BCUT2D eigenvalue weighted by molar-refractivity contribution is -0.114. The third-order valence-electron chi connectivity index (χ3n) is 2.10. The van der Waals surface area contributed by atoms with E-state index in [9.17, 15) is 9.59 Å². The fourth-order valence-electron chi connectivity index (χ4n) is 1.33. The van der Waals surface area contributed by atoms with E-state index in [1.807, 2.05) is 20.8 Å². The number of hydrogen-bond acceptors (Lipinski definition) is 3. The molecule has 98 valence electrons. The largest absolute Gasteiger partial charge is 0.347 e. The Labute approximate surface area is 107 Å². The van der Waals surface area contributed by atoms with Crippen molar-refractivity contribution in [2.75, 3.05) is 11.9 Å². The number of carbonyl (C=O) groups is 2. The highest BCUT2D eigenvalue weighted by molar-refractivity contribution is 5.96. The average molecular weight is 249 g/mol. The number of carbonyl (C=O) groups excluding carboxylic acids is 2. The van der Waals surface area contributed by atoms with Crippen LogP contribution in [0.4, 0.5) is 5.69 Å². The minimum atomic E-state index is -0.274. The number of anilines is 1. The molecule has 5 nitrogen and oxygen atoms in total. The van der Waals surface area contributed by atoms with Crippen LogP contribution in [0, 0.1) is 0 Å². The summed E-state index contributed by atoms with van der Waals surface area (Å²) in [6.45, 7) is 5.69. The van der Waals surface area contributed by atoms with E-state index in [2.05, 4.69) is 10.6 Å². The van der Waals surface area contributed by atoms with Crippen LogP contribution in [0.25, 0.3) is 0 Å². The van der Waals surface area contributed by atoms with Gasteiger partial charge in [-0.1, -0.05) is 0 Å². The molecule has 2 amide bonds. The van der Waals surface area contributed by atoms with Crippen molar-refractivity contribution in [1.82, 2.24) is 5.32 Å². The standard InChI is InChI=1S/C13H19N3O2/c1-13(2,3)16-12(18)9-4-6-10(7-5-9)15-11(17)8-14/h4-7H,8,14H2,1-3H3,(H,15,17)(H,16,18). The monoisotopic (exact) mass is 249 g/mol. The van der Waals surface area contributed by atoms with Gasteiger partial charge in [0.1, 0.15) is 0 Å². The minimum Gasteiger partial charge on any atom is -0.347 e. The van der Waals surface area contributed by atoms with E-state index in [0.717, 1.165) is 0 Å². The lowest BCUT2D eigenvalue weighted by atomic mass is 10.1. The smallest absolute Gasteiger partial charge is 0.251 e. The molecule has 0 heterocycles. The summed E-state index contributed by atoms with van der Waals surface area (Å²) in [5.74, 6) is -0.402. The van der Waals surface area contributed by atoms with Gasteiger partial charge in [0.15, 0.2) is 0 Å². The van der Waals surface area contributed by atoms with Crippen LogP contribution in [0.5, 0.6) is 0 Å². The van der Waals surface area contributed by atoms with E-state index in [1.54, 1.807) is 24.3 Å². The van der Waals surface area contributed by atoms with E-state index in [0.29, 0.717) is 11.3 Å². The first-order valence-electron chi connectivity index (χ1n) is 5.74. The zero-order valence-electron chi connectivity index (χ0n) is 10.9. The summed E-state index contributed by atoms with van der Waals surface area (Å²) < 4.78 is 0. The highest BCUT2D eigenvalue weighted by Crippen LogP contribution is 2.10. The number of benzene rings is 1. The van der Waals surface area contributed by atoms with Crippen molar-refractivity contribution < 1.29 is 9.59 Å². The normalized spacial score (nSPS) is 10.9. The minimum absolute atomic E-state index is 0.0632. The van der Waals surface area contributed by atoms with Gasteiger partial charge in [-0.15, -0.1) is 0 Å². The average Bonchev–Trinajstić information content (AvgIpc) is 2.27. The molecule has 0 saturated heterocycles. The molecular weight excluding hydrogens is 230 g/mol. The van der Waals surface area contributed by atoms with Crippen LogP contribution >= 0.6 is 0 Å². The molecule has 0 fully saturated rings. The Bertz CT molecular complexity index is 433. The molecule has 0 unspecified atom stereocenters. The van der Waals surface area contributed by atoms with Gasteiger partial charge in [-0.25, -0.2) is 0 Å². The van der Waals surface area contributed by atoms with Crippen molar-refractivity contribution in [3.8, 4) is 0 Å². The highest BCUT2D eigenvalue weighted by atomic mass is 16.2. The van der Waals surface area contributed by atoms with E-state index >= 15 is 0 Å². The Kier molecular flexibility index (Phi) is 4.44. The predicted molar refractivity (Wildman–Crippen MR) is 71.3 cm³/mol. The van der Waals surface area contributed by atoms with Gasteiger partial charge in [0.25, 0.3) is 5.91 Å². The lowest BCUT2D eigenvalue weighted by Crippen LogP contribution is -2.40. The molecule has 0 atom stereocenters. The molecule has 4 N–H and O–H groups in total. The molecule has 18 heavy (non-hydrogen) atoms. The summed E-state index contributed by atoms with van der Waals surface area (Å²) in [4.78, 5) is 22.9. The van der Waals surface area contributed by atoms with Crippen LogP contribution in [-0.2, 0) is 4.79 Å². The molecule has 1 aromatic carbocycles. The third-order valence-corrected chi connectivity index (χ3v) is 2.10. The fourth-order valence-corrected chi connectivity index (χ4v) is 1.33. The summed E-state index contributed by atoms with van der Waals surface area (Å²) in [6, 6.07) is 6.66. The number of amides is 2. The van der Waals surface area contributed by atoms with Gasteiger partial charge >= 0.3 is 0 Å². The summed E-state index contributed by atoms with van der Waals surface area (Å²) in [7, 11) is 0. The second-order valence-electron chi connectivity index (χ2n) is 5.03. The lowest BCUT2D eigenvalue weighted by Gasteiger charge is -2.20. The van der Waals surface area contributed by atoms with E-state index in [1.165, 1.54) is 0 Å². The summed E-state index contributed by atoms with van der Waals surface area (Å²) in [6.07, 6.45) is 0. The Morgan fingerprint density at radius 2 is 1.72 bits per heavy atom. The van der Waals surface area contributed by atoms with Gasteiger partial charge in [0.2, 0.25) is 5.91 Å². The van der Waals surface area contributed by atoms with E-state index in [4.69, 9.17) is 5.73 Å². The third kappa shape index (κ3) is 4.55. The molecule has 0 aromatic heterocycles. The van der Waals surface area contributed by atoms with Crippen LogP contribution in [-0.4, -0.2) is 23.9 Å². The summed E-state index contributed by atoms with van der Waals surface area (Å²) >= 11 is 0. The maximum absolute atomic E-state index is 11.8. The van der Waals surface area contributed by atoms with Crippen molar-refractivity contribution in [3.63, 3.8) is 0 Å². The van der Waals surface area contributed by atoms with Crippen molar-refractivity contribution in [3.05, 3.63) is 29.8 Å². The maximum Gasteiger partial charge on any atom is 0.251 e. The Hall–Kier alpha value is -1.88. The molecule has 1 aromatic rings. The van der Waals surface area contributed by atoms with Gasteiger partial charge in [0.05, 0.1) is 6.54 Å². The van der Waals surface area contributed by atoms with Gasteiger partial charge in [-0.2, -0.15) is 0 Å². The van der Waals surface area contributed by atoms with Crippen LogP contribution in [0.15, 0.2) is 24.3 Å². The van der Waals surface area contributed by atoms with Crippen molar-refractivity contribution in [2.45, 2.75) is 26.3 Å². The van der Waals surface area contributed by atoms with E-state index < -0.39 is 0 Å². The molecule has 1 rings (SSSR count). The van der Waals surface area contributed by atoms with Gasteiger partial charge in [0, 0.05) is 16.8 Å². The first kappa shape index (κ1) is 14.2. The van der Waals surface area contributed by atoms with Crippen molar-refractivity contribution in [1.29, 1.82) is 0 Å². The molecule has 0 bridgehead atoms. The Balaban J connectivity index is 2.71. The van der Waals surface area contributed by atoms with Gasteiger partial charge in [-0.05, 0) is 45.0 Å². The molecule has 0 aliphatic carbocycles. The number of nitrogens with one attached hydrogen (secondary N) is 2. The molecule has 0 aliphatic heterocycles. The number of rotatable bonds is 3. The molecule has 0 spiro atoms. The summed E-state index contributed by atoms with van der Waals surface area (Å²) in [5, 5.41) is 5.47. The maximum atomic E-state index is 11.8. The first-order chi connectivity index (χ1) is 8.31. The fraction of sp³-hybridized carbons (Fsp3) is 0.385. The topological polar surface area (TPSA) is 84.2 Å². The second-order valence-corrected chi connectivity index (χ2v) is 5.03. The van der Waals surface area contributed by atoms with Crippen LogP contribution in [0.3, 0.4) is 0 Å². The van der Waals surface area contributed by atoms with Crippen LogP contribution in [0.2, 0.25) is 0 Å². The predicted octanol–water partition coefficient (Wildman–Crippen LogP) is 1.11. The highest BCUT2D eigenvalue weighted by Gasteiger charge is 2.14. The van der Waals surface area contributed by atoms with Gasteiger partial charge < -0.3 is 16.4 Å². The van der Waals surface area contributed by atoms with Crippen molar-refractivity contribution in [2.24, 2.45) is 5.73 Å².